The van der Waals surface area contributed by atoms with Gasteiger partial charge in [0.1, 0.15) is 17.1 Å². The standard InChI is InChI=1S/C25H29N5O5/c1-14-15(2)26-24(28-23(14)32)30-20(11-17(29-30)18-9-6-10-33-18)27-21(31)13-34-19-8-5-7-16-12-25(3,4)35-22(16)19/h5-11,14-15,24,26H,12-13H2,1-4H3,(H,27,31)(H,28,32). The number of benzene rings is 1. The predicted molar refractivity (Wildman–Crippen MR) is 128 cm³/mol. The fraction of sp³-hybridized carbons (Fsp3) is 0.400. The van der Waals surface area contributed by atoms with Crippen LogP contribution in [0.2, 0.25) is 0 Å². The van der Waals surface area contributed by atoms with Crippen LogP contribution < -0.4 is 25.4 Å². The van der Waals surface area contributed by atoms with Crippen molar-refractivity contribution in [3.8, 4) is 23.0 Å². The molecule has 3 unspecified atom stereocenters. The molecule has 1 aromatic carbocycles. The lowest BCUT2D eigenvalue weighted by atomic mass is 10.0. The monoisotopic (exact) mass is 479 g/mol. The minimum Gasteiger partial charge on any atom is -0.483 e. The summed E-state index contributed by atoms with van der Waals surface area (Å²) in [6, 6.07) is 10.8. The Morgan fingerprint density at radius 2 is 2.11 bits per heavy atom. The Kier molecular flexibility index (Phi) is 5.76. The van der Waals surface area contributed by atoms with Crippen molar-refractivity contribution in [1.29, 1.82) is 0 Å². The quantitative estimate of drug-likeness (QED) is 0.497. The number of ether oxygens (including phenoxy) is 2. The average molecular weight is 480 g/mol. The van der Waals surface area contributed by atoms with Crippen molar-refractivity contribution < 1.29 is 23.5 Å². The third-order valence-corrected chi connectivity index (χ3v) is 6.30. The lowest BCUT2D eigenvalue weighted by Gasteiger charge is -2.34. The molecule has 2 amide bonds. The SMILES string of the molecule is CC1NC(n2nc(-c3ccco3)cc2NC(=O)COc2cccc3c2OC(C)(C)C3)NC(=O)C1C. The van der Waals surface area contributed by atoms with E-state index in [0.717, 1.165) is 12.0 Å². The molecule has 1 saturated heterocycles. The van der Waals surface area contributed by atoms with Crippen LogP contribution in [-0.4, -0.2) is 39.8 Å². The maximum absolute atomic E-state index is 12.9. The molecule has 5 rings (SSSR count). The van der Waals surface area contributed by atoms with Gasteiger partial charge in [-0.3, -0.25) is 14.9 Å². The van der Waals surface area contributed by atoms with Gasteiger partial charge in [-0.2, -0.15) is 5.10 Å². The minimum atomic E-state index is -0.637. The lowest BCUT2D eigenvalue weighted by Crippen LogP contribution is -2.57. The van der Waals surface area contributed by atoms with Gasteiger partial charge in [-0.1, -0.05) is 19.1 Å². The topological polar surface area (TPSA) is 120 Å². The lowest BCUT2D eigenvalue weighted by molar-refractivity contribution is -0.130. The van der Waals surface area contributed by atoms with Gasteiger partial charge in [-0.25, -0.2) is 4.68 Å². The number of hydrogen-bond donors (Lipinski definition) is 3. The third kappa shape index (κ3) is 4.61. The van der Waals surface area contributed by atoms with Gasteiger partial charge < -0.3 is 24.5 Å². The van der Waals surface area contributed by atoms with E-state index in [2.05, 4.69) is 21.0 Å². The van der Waals surface area contributed by atoms with Gasteiger partial charge in [-0.15, -0.1) is 0 Å². The summed E-state index contributed by atoms with van der Waals surface area (Å²) in [6.07, 6.45) is 1.69. The first-order chi connectivity index (χ1) is 16.7. The maximum Gasteiger partial charge on any atom is 0.263 e. The number of furan rings is 1. The highest BCUT2D eigenvalue weighted by Gasteiger charge is 2.34. The van der Waals surface area contributed by atoms with Crippen molar-refractivity contribution in [2.24, 2.45) is 5.92 Å². The Morgan fingerprint density at radius 3 is 2.86 bits per heavy atom. The zero-order valence-electron chi connectivity index (χ0n) is 20.1. The summed E-state index contributed by atoms with van der Waals surface area (Å²) in [5.74, 6) is 1.45. The van der Waals surface area contributed by atoms with Crippen molar-refractivity contribution in [2.45, 2.75) is 52.0 Å². The number of para-hydroxylation sites is 1. The molecule has 0 spiro atoms. The highest BCUT2D eigenvalue weighted by molar-refractivity contribution is 5.91. The number of anilines is 1. The van der Waals surface area contributed by atoms with E-state index >= 15 is 0 Å². The molecule has 4 heterocycles. The normalized spacial score (nSPS) is 22.7. The predicted octanol–water partition coefficient (Wildman–Crippen LogP) is 3.07. The summed E-state index contributed by atoms with van der Waals surface area (Å²) < 4.78 is 18.8. The van der Waals surface area contributed by atoms with Crippen molar-refractivity contribution in [3.05, 3.63) is 48.2 Å². The number of nitrogens with one attached hydrogen (secondary N) is 3. The van der Waals surface area contributed by atoms with E-state index in [1.165, 1.54) is 4.68 Å². The Morgan fingerprint density at radius 1 is 1.29 bits per heavy atom. The van der Waals surface area contributed by atoms with Gasteiger partial charge in [0.15, 0.2) is 30.2 Å². The fourth-order valence-electron chi connectivity index (χ4n) is 4.31. The molecule has 184 valence electrons. The molecule has 2 aliphatic heterocycles. The van der Waals surface area contributed by atoms with Crippen LogP contribution in [0.25, 0.3) is 11.5 Å². The Balaban J connectivity index is 1.34. The van der Waals surface area contributed by atoms with Crippen molar-refractivity contribution in [2.75, 3.05) is 11.9 Å². The smallest absolute Gasteiger partial charge is 0.263 e. The van der Waals surface area contributed by atoms with Crippen LogP contribution in [0.15, 0.2) is 47.1 Å². The molecule has 10 nitrogen and oxygen atoms in total. The summed E-state index contributed by atoms with van der Waals surface area (Å²) in [5, 5.41) is 13.6. The fourth-order valence-corrected chi connectivity index (χ4v) is 4.31. The number of hydrogen-bond acceptors (Lipinski definition) is 7. The highest BCUT2D eigenvalue weighted by Crippen LogP contribution is 2.41. The van der Waals surface area contributed by atoms with Crippen molar-refractivity contribution in [3.63, 3.8) is 0 Å². The van der Waals surface area contributed by atoms with Crippen molar-refractivity contribution >= 4 is 17.6 Å². The van der Waals surface area contributed by atoms with E-state index in [-0.39, 0.29) is 36.0 Å². The molecule has 2 aliphatic rings. The zero-order valence-corrected chi connectivity index (χ0v) is 20.1. The molecular formula is C25H29N5O5. The number of nitrogens with zero attached hydrogens (tertiary/aromatic N) is 2. The molecule has 2 aromatic heterocycles. The second-order valence-electron chi connectivity index (χ2n) is 9.61. The van der Waals surface area contributed by atoms with Crippen LogP contribution in [0.5, 0.6) is 11.5 Å². The van der Waals surface area contributed by atoms with Crippen LogP contribution in [0.4, 0.5) is 5.82 Å². The molecule has 0 bridgehead atoms. The van der Waals surface area contributed by atoms with Gasteiger partial charge in [0.05, 0.1) is 12.2 Å². The van der Waals surface area contributed by atoms with Gasteiger partial charge in [0.25, 0.3) is 5.91 Å². The van der Waals surface area contributed by atoms with Crippen LogP contribution in [0, 0.1) is 5.92 Å². The number of carbonyl (C=O) groups is 2. The second-order valence-corrected chi connectivity index (χ2v) is 9.61. The number of amides is 2. The average Bonchev–Trinajstić information content (AvgIpc) is 3.53. The van der Waals surface area contributed by atoms with Gasteiger partial charge in [0, 0.05) is 24.1 Å². The van der Waals surface area contributed by atoms with E-state index in [1.807, 2.05) is 39.8 Å². The Labute approximate surface area is 203 Å². The summed E-state index contributed by atoms with van der Waals surface area (Å²) in [4.78, 5) is 25.3. The molecule has 3 N–H and O–H groups in total. The highest BCUT2D eigenvalue weighted by atomic mass is 16.5. The number of fused-ring (bicyclic) bond motifs is 1. The largest absolute Gasteiger partial charge is 0.483 e. The molecule has 35 heavy (non-hydrogen) atoms. The number of aromatic nitrogens is 2. The van der Waals surface area contributed by atoms with Gasteiger partial charge >= 0.3 is 0 Å². The summed E-state index contributed by atoms with van der Waals surface area (Å²) >= 11 is 0. The molecule has 0 aliphatic carbocycles. The van der Waals surface area contributed by atoms with E-state index in [9.17, 15) is 9.59 Å². The first-order valence-corrected chi connectivity index (χ1v) is 11.6. The molecule has 0 saturated carbocycles. The molecule has 1 fully saturated rings. The van der Waals surface area contributed by atoms with Gasteiger partial charge in [0.2, 0.25) is 5.91 Å². The Bertz CT molecular complexity index is 1250. The molecule has 3 aromatic rings. The third-order valence-electron chi connectivity index (χ3n) is 6.30. The molecule has 0 radical (unpaired) electrons. The van der Waals surface area contributed by atoms with Crippen molar-refractivity contribution in [1.82, 2.24) is 20.4 Å². The second kappa shape index (κ2) is 8.77. The van der Waals surface area contributed by atoms with Crippen LogP contribution in [0.1, 0.15) is 39.5 Å². The van der Waals surface area contributed by atoms with E-state index in [0.29, 0.717) is 28.8 Å². The molecule has 10 heteroatoms. The molecule has 3 atom stereocenters. The van der Waals surface area contributed by atoms with Crippen LogP contribution in [0.3, 0.4) is 0 Å². The van der Waals surface area contributed by atoms with E-state index in [4.69, 9.17) is 13.9 Å². The van der Waals surface area contributed by atoms with Gasteiger partial charge in [-0.05, 0) is 39.0 Å². The maximum atomic E-state index is 12.9. The zero-order chi connectivity index (χ0) is 24.7. The Hall–Kier alpha value is -3.79. The minimum absolute atomic E-state index is 0.0821. The van der Waals surface area contributed by atoms with E-state index in [1.54, 1.807) is 30.5 Å². The molecular weight excluding hydrogens is 450 g/mol. The summed E-state index contributed by atoms with van der Waals surface area (Å²) in [6.45, 7) is 7.59. The first kappa shape index (κ1) is 23.0. The number of carbonyl (C=O) groups excluding carboxylic acids is 2. The van der Waals surface area contributed by atoms with E-state index < -0.39 is 6.29 Å². The van der Waals surface area contributed by atoms with Crippen LogP contribution >= 0.6 is 0 Å². The summed E-state index contributed by atoms with van der Waals surface area (Å²) in [5.41, 5.74) is 1.26. The summed E-state index contributed by atoms with van der Waals surface area (Å²) in [7, 11) is 0. The van der Waals surface area contributed by atoms with Crippen LogP contribution in [-0.2, 0) is 16.0 Å². The first-order valence-electron chi connectivity index (χ1n) is 11.6. The number of rotatable bonds is 6.